The van der Waals surface area contributed by atoms with Gasteiger partial charge in [-0.25, -0.2) is 17.9 Å². The number of fused-ring (bicyclic) bond motifs is 1. The first-order valence-electron chi connectivity index (χ1n) is 11.4. The van der Waals surface area contributed by atoms with E-state index in [2.05, 4.69) is 11.6 Å². The first-order chi connectivity index (χ1) is 16.3. The van der Waals surface area contributed by atoms with Crippen molar-refractivity contribution < 1.29 is 13.2 Å². The lowest BCUT2D eigenvalue weighted by Crippen LogP contribution is -2.29. The summed E-state index contributed by atoms with van der Waals surface area (Å²) >= 11 is 0. The van der Waals surface area contributed by atoms with E-state index in [0.29, 0.717) is 60.3 Å². The molecule has 0 aliphatic carbocycles. The van der Waals surface area contributed by atoms with Gasteiger partial charge in [-0.3, -0.25) is 9.36 Å². The molecular weight excluding hydrogens is 454 g/mol. The Hall–Kier alpha value is -3.24. The number of rotatable bonds is 9. The van der Waals surface area contributed by atoms with Crippen LogP contribution in [0.4, 0.5) is 0 Å². The summed E-state index contributed by atoms with van der Waals surface area (Å²) < 4.78 is 36.8. The van der Waals surface area contributed by atoms with Crippen molar-refractivity contribution in [2.75, 3.05) is 19.7 Å². The van der Waals surface area contributed by atoms with Crippen LogP contribution in [0.15, 0.2) is 52.7 Å². The van der Waals surface area contributed by atoms with Crippen LogP contribution in [-0.2, 0) is 23.0 Å². The van der Waals surface area contributed by atoms with Gasteiger partial charge in [0, 0.05) is 26.1 Å². The number of imidazole rings is 1. The average molecular weight is 484 g/mol. The number of hydrogen-bond acceptors (Lipinski definition) is 6. The molecule has 0 N–H and O–H groups in total. The van der Waals surface area contributed by atoms with E-state index in [-0.39, 0.29) is 17.0 Å². The third-order valence-electron chi connectivity index (χ3n) is 5.69. The molecule has 0 saturated carbocycles. The quantitative estimate of drug-likeness (QED) is 0.434. The van der Waals surface area contributed by atoms with E-state index >= 15 is 0 Å². The van der Waals surface area contributed by atoms with Crippen molar-refractivity contribution in [2.24, 2.45) is 0 Å². The maximum atomic E-state index is 13.5. The highest BCUT2D eigenvalue weighted by Crippen LogP contribution is 2.33. The summed E-state index contributed by atoms with van der Waals surface area (Å²) in [5.74, 6) is 1.43. The van der Waals surface area contributed by atoms with Crippen molar-refractivity contribution in [2.45, 2.75) is 45.1 Å². The van der Waals surface area contributed by atoms with Crippen LogP contribution < -0.4 is 10.3 Å². The van der Waals surface area contributed by atoms with Gasteiger partial charge in [-0.1, -0.05) is 25.2 Å². The summed E-state index contributed by atoms with van der Waals surface area (Å²) in [5, 5.41) is 4.80. The SMILES string of the molecule is C=CCn1c(-c2cc(S(=O)(=O)N3CC=CC3)ccc2OCC)nn2c(CCC)nc(C)c2c1=O. The Kier molecular flexibility index (Phi) is 6.72. The van der Waals surface area contributed by atoms with Crippen LogP contribution in [0.2, 0.25) is 0 Å². The highest BCUT2D eigenvalue weighted by Gasteiger charge is 2.27. The topological polar surface area (TPSA) is 98.8 Å². The molecule has 0 amide bonds. The van der Waals surface area contributed by atoms with Crippen LogP contribution in [0.1, 0.15) is 31.8 Å². The fourth-order valence-corrected chi connectivity index (χ4v) is 5.48. The summed E-state index contributed by atoms with van der Waals surface area (Å²) in [6.45, 7) is 10.7. The van der Waals surface area contributed by atoms with Crippen molar-refractivity contribution >= 4 is 15.5 Å². The van der Waals surface area contributed by atoms with E-state index in [9.17, 15) is 13.2 Å². The lowest BCUT2D eigenvalue weighted by Gasteiger charge is -2.19. The molecule has 1 aliphatic rings. The summed E-state index contributed by atoms with van der Waals surface area (Å²) in [5.41, 5.74) is 1.16. The summed E-state index contributed by atoms with van der Waals surface area (Å²) in [6.07, 6.45) is 6.74. The molecule has 0 saturated heterocycles. The highest BCUT2D eigenvalue weighted by molar-refractivity contribution is 7.89. The molecule has 1 aromatic carbocycles. The number of aromatic nitrogens is 4. The maximum absolute atomic E-state index is 13.5. The molecule has 2 aromatic heterocycles. The number of nitrogens with zero attached hydrogens (tertiary/aromatic N) is 5. The van der Waals surface area contributed by atoms with E-state index in [1.165, 1.54) is 21.0 Å². The third-order valence-corrected chi connectivity index (χ3v) is 7.52. The summed E-state index contributed by atoms with van der Waals surface area (Å²) in [6, 6.07) is 4.69. The lowest BCUT2D eigenvalue weighted by molar-refractivity contribution is 0.341. The van der Waals surface area contributed by atoms with Gasteiger partial charge in [0.1, 0.15) is 11.6 Å². The minimum absolute atomic E-state index is 0.116. The van der Waals surface area contributed by atoms with Gasteiger partial charge in [-0.2, -0.15) is 4.31 Å². The number of sulfonamides is 1. The minimum Gasteiger partial charge on any atom is -0.493 e. The molecular formula is C24H29N5O4S. The van der Waals surface area contributed by atoms with Crippen molar-refractivity contribution in [3.8, 4) is 17.1 Å². The zero-order valence-corrected chi connectivity index (χ0v) is 20.5. The van der Waals surface area contributed by atoms with E-state index in [4.69, 9.17) is 9.84 Å². The number of allylic oxidation sites excluding steroid dienone is 1. The molecule has 10 heteroatoms. The Bertz CT molecular complexity index is 1430. The first-order valence-corrected chi connectivity index (χ1v) is 12.8. The molecule has 1 aliphatic heterocycles. The maximum Gasteiger partial charge on any atom is 0.280 e. The fourth-order valence-electron chi connectivity index (χ4n) is 4.11. The number of aryl methyl sites for hydroxylation is 2. The predicted octanol–water partition coefficient (Wildman–Crippen LogP) is 2.96. The van der Waals surface area contributed by atoms with Gasteiger partial charge >= 0.3 is 0 Å². The third kappa shape index (κ3) is 4.07. The molecule has 0 atom stereocenters. The number of benzene rings is 1. The molecule has 0 unspecified atom stereocenters. The van der Waals surface area contributed by atoms with Gasteiger partial charge in [0.2, 0.25) is 10.0 Å². The smallest absolute Gasteiger partial charge is 0.280 e. The summed E-state index contributed by atoms with van der Waals surface area (Å²) in [7, 11) is -3.73. The van der Waals surface area contributed by atoms with E-state index < -0.39 is 10.0 Å². The molecule has 9 nitrogen and oxygen atoms in total. The second kappa shape index (κ2) is 9.55. The number of hydrogen-bond donors (Lipinski definition) is 0. The van der Waals surface area contributed by atoms with Crippen LogP contribution in [0, 0.1) is 6.92 Å². The van der Waals surface area contributed by atoms with E-state index in [0.717, 1.165) is 6.42 Å². The molecule has 34 heavy (non-hydrogen) atoms. The Balaban J connectivity index is 2.01. The normalized spacial score (nSPS) is 14.2. The van der Waals surface area contributed by atoms with Gasteiger partial charge in [0.15, 0.2) is 11.3 Å². The van der Waals surface area contributed by atoms with Gasteiger partial charge in [0.05, 0.1) is 22.8 Å². The van der Waals surface area contributed by atoms with Crippen LogP contribution in [0.5, 0.6) is 5.75 Å². The van der Waals surface area contributed by atoms with Gasteiger partial charge < -0.3 is 4.74 Å². The van der Waals surface area contributed by atoms with Gasteiger partial charge in [-0.05, 0) is 38.5 Å². The Morgan fingerprint density at radius 1 is 1.21 bits per heavy atom. The number of ether oxygens (including phenoxy) is 1. The monoisotopic (exact) mass is 483 g/mol. The average Bonchev–Trinajstić information content (AvgIpc) is 3.46. The van der Waals surface area contributed by atoms with Crippen molar-refractivity contribution in [3.63, 3.8) is 0 Å². The molecule has 0 bridgehead atoms. The van der Waals surface area contributed by atoms with Crippen molar-refractivity contribution in [1.82, 2.24) is 23.5 Å². The molecule has 3 aromatic rings. The molecule has 0 radical (unpaired) electrons. The first kappa shape index (κ1) is 23.9. The fraction of sp³-hybridized carbons (Fsp3) is 0.375. The molecule has 0 fully saturated rings. The zero-order chi connectivity index (χ0) is 24.5. The van der Waals surface area contributed by atoms with Gasteiger partial charge in [0.25, 0.3) is 5.56 Å². The Morgan fingerprint density at radius 3 is 2.59 bits per heavy atom. The zero-order valence-electron chi connectivity index (χ0n) is 19.7. The Morgan fingerprint density at radius 2 is 1.94 bits per heavy atom. The highest BCUT2D eigenvalue weighted by atomic mass is 32.2. The molecule has 180 valence electrons. The Labute approximate surface area is 199 Å². The second-order valence-corrected chi connectivity index (χ2v) is 9.97. The molecule has 3 heterocycles. The van der Waals surface area contributed by atoms with Crippen molar-refractivity contribution in [1.29, 1.82) is 0 Å². The van der Waals surface area contributed by atoms with E-state index in [1.54, 1.807) is 23.6 Å². The van der Waals surface area contributed by atoms with Crippen LogP contribution in [0.3, 0.4) is 0 Å². The van der Waals surface area contributed by atoms with Crippen LogP contribution in [0.25, 0.3) is 16.9 Å². The molecule has 0 spiro atoms. The van der Waals surface area contributed by atoms with Crippen LogP contribution in [-0.4, -0.2) is 51.6 Å². The second-order valence-electron chi connectivity index (χ2n) is 8.04. The standard InChI is InChI=1S/C24H29N5O4S/c1-5-10-21-25-17(4)22-24(30)28(13-6-2)23(26-29(21)22)19-16-18(11-12-20(19)33-7-3)34(31,32)27-14-8-9-15-27/h6,8-9,11-12,16H,2,5,7,10,13-15H2,1,3-4H3. The van der Waals surface area contributed by atoms with Crippen molar-refractivity contribution in [3.05, 3.63) is 64.9 Å². The predicted molar refractivity (Wildman–Crippen MR) is 131 cm³/mol. The summed E-state index contributed by atoms with van der Waals surface area (Å²) in [4.78, 5) is 18.2. The van der Waals surface area contributed by atoms with Gasteiger partial charge in [-0.15, -0.1) is 11.7 Å². The minimum atomic E-state index is -3.73. The van der Waals surface area contributed by atoms with E-state index in [1.807, 2.05) is 26.0 Å². The van der Waals surface area contributed by atoms with Crippen LogP contribution >= 0.6 is 0 Å². The lowest BCUT2D eigenvalue weighted by atomic mass is 10.1. The largest absolute Gasteiger partial charge is 0.493 e. The molecule has 4 rings (SSSR count).